The number of hydrogen-bond donors (Lipinski definition) is 2. The minimum Gasteiger partial charge on any atom is -0.497 e. The van der Waals surface area contributed by atoms with Gasteiger partial charge >= 0.3 is 5.97 Å². The van der Waals surface area contributed by atoms with E-state index in [0.29, 0.717) is 29.5 Å². The predicted molar refractivity (Wildman–Crippen MR) is 125 cm³/mol. The lowest BCUT2D eigenvalue weighted by atomic mass is 10.0. The standard InChI is InChI=1S/C24H29ClN2O6/c1-15(2)22(27-23(29)17-11-19(31-3)13-20(12-17)32-4)24(30)33-14-21(28)26-10-9-16-5-7-18(25)8-6-16/h5-8,11-13,15,22H,9-10,14H2,1-4H3,(H,26,28)(H,27,29)/t22-/m0/s1. The van der Waals surface area contributed by atoms with Crippen LogP contribution in [0.25, 0.3) is 0 Å². The molecule has 178 valence electrons. The molecular formula is C24H29ClN2O6. The van der Waals surface area contributed by atoms with Gasteiger partial charge in [0, 0.05) is 23.2 Å². The van der Waals surface area contributed by atoms with Crippen LogP contribution in [0.5, 0.6) is 11.5 Å². The lowest BCUT2D eigenvalue weighted by Crippen LogP contribution is -2.46. The van der Waals surface area contributed by atoms with Crippen LogP contribution >= 0.6 is 11.6 Å². The van der Waals surface area contributed by atoms with E-state index in [2.05, 4.69) is 10.6 Å². The Kier molecular flexibility index (Phi) is 10.00. The molecule has 2 amide bonds. The normalized spacial score (nSPS) is 11.5. The number of methoxy groups -OCH3 is 2. The summed E-state index contributed by atoms with van der Waals surface area (Å²) in [6.07, 6.45) is 0.617. The number of halogens is 1. The second kappa shape index (κ2) is 12.7. The molecule has 0 heterocycles. The Bertz CT molecular complexity index is 940. The fourth-order valence-corrected chi connectivity index (χ4v) is 3.06. The van der Waals surface area contributed by atoms with E-state index in [4.69, 9.17) is 25.8 Å². The van der Waals surface area contributed by atoms with Crippen LogP contribution in [0.4, 0.5) is 0 Å². The van der Waals surface area contributed by atoms with Crippen LogP contribution in [0.1, 0.15) is 29.8 Å². The molecule has 0 aliphatic rings. The first-order valence-electron chi connectivity index (χ1n) is 10.4. The molecule has 0 unspecified atom stereocenters. The molecule has 1 atom stereocenters. The van der Waals surface area contributed by atoms with Crippen molar-refractivity contribution < 1.29 is 28.6 Å². The number of esters is 1. The highest BCUT2D eigenvalue weighted by molar-refractivity contribution is 6.30. The van der Waals surface area contributed by atoms with Crippen molar-refractivity contribution in [3.05, 3.63) is 58.6 Å². The number of hydrogen-bond acceptors (Lipinski definition) is 6. The number of rotatable bonds is 11. The predicted octanol–water partition coefficient (Wildman–Crippen LogP) is 3.01. The second-order valence-electron chi connectivity index (χ2n) is 7.63. The van der Waals surface area contributed by atoms with E-state index in [1.54, 1.807) is 32.0 Å². The van der Waals surface area contributed by atoms with Gasteiger partial charge in [0.05, 0.1) is 14.2 Å². The van der Waals surface area contributed by atoms with Gasteiger partial charge in [-0.2, -0.15) is 0 Å². The second-order valence-corrected chi connectivity index (χ2v) is 8.07. The van der Waals surface area contributed by atoms with Gasteiger partial charge in [-0.15, -0.1) is 0 Å². The Hall–Kier alpha value is -3.26. The molecule has 0 aromatic heterocycles. The quantitative estimate of drug-likeness (QED) is 0.483. The molecule has 8 nitrogen and oxygen atoms in total. The third kappa shape index (κ3) is 8.31. The maximum Gasteiger partial charge on any atom is 0.329 e. The number of benzene rings is 2. The zero-order chi connectivity index (χ0) is 24.4. The van der Waals surface area contributed by atoms with Gasteiger partial charge < -0.3 is 24.8 Å². The Balaban J connectivity index is 1.88. The van der Waals surface area contributed by atoms with Gasteiger partial charge in [-0.3, -0.25) is 9.59 Å². The SMILES string of the molecule is COc1cc(OC)cc(C(=O)N[C@H](C(=O)OCC(=O)NCCc2ccc(Cl)cc2)C(C)C)c1. The number of amides is 2. The Morgan fingerprint density at radius 1 is 0.970 bits per heavy atom. The Morgan fingerprint density at radius 2 is 1.58 bits per heavy atom. The van der Waals surface area contributed by atoms with Gasteiger partial charge in [-0.05, 0) is 42.2 Å². The topological polar surface area (TPSA) is 103 Å². The molecule has 2 rings (SSSR count). The highest BCUT2D eigenvalue weighted by Crippen LogP contribution is 2.22. The van der Waals surface area contributed by atoms with Gasteiger partial charge in [-0.25, -0.2) is 4.79 Å². The van der Waals surface area contributed by atoms with E-state index >= 15 is 0 Å². The van der Waals surface area contributed by atoms with Crippen LogP contribution in [0.15, 0.2) is 42.5 Å². The van der Waals surface area contributed by atoms with Crippen LogP contribution in [0, 0.1) is 5.92 Å². The summed E-state index contributed by atoms with van der Waals surface area (Å²) in [5.41, 5.74) is 1.29. The summed E-state index contributed by atoms with van der Waals surface area (Å²) in [5, 5.41) is 6.00. The summed E-state index contributed by atoms with van der Waals surface area (Å²) in [6.45, 7) is 3.49. The van der Waals surface area contributed by atoms with Crippen molar-refractivity contribution >= 4 is 29.4 Å². The zero-order valence-electron chi connectivity index (χ0n) is 19.1. The first-order chi connectivity index (χ1) is 15.7. The number of carbonyl (C=O) groups is 3. The molecule has 0 fully saturated rings. The fourth-order valence-electron chi connectivity index (χ4n) is 2.94. The van der Waals surface area contributed by atoms with E-state index in [-0.39, 0.29) is 11.5 Å². The highest BCUT2D eigenvalue weighted by Gasteiger charge is 2.27. The zero-order valence-corrected chi connectivity index (χ0v) is 19.9. The van der Waals surface area contributed by atoms with Gasteiger partial charge in [0.25, 0.3) is 11.8 Å². The highest BCUT2D eigenvalue weighted by atomic mass is 35.5. The van der Waals surface area contributed by atoms with Crippen molar-refractivity contribution in [2.45, 2.75) is 26.3 Å². The summed E-state index contributed by atoms with van der Waals surface area (Å²) < 4.78 is 15.5. The first-order valence-corrected chi connectivity index (χ1v) is 10.8. The van der Waals surface area contributed by atoms with Crippen molar-refractivity contribution in [2.75, 3.05) is 27.4 Å². The molecule has 0 radical (unpaired) electrons. The van der Waals surface area contributed by atoms with Crippen molar-refractivity contribution in [1.29, 1.82) is 0 Å². The third-order valence-electron chi connectivity index (χ3n) is 4.82. The van der Waals surface area contributed by atoms with Crippen LogP contribution in [0.3, 0.4) is 0 Å². The van der Waals surface area contributed by atoms with E-state index in [9.17, 15) is 14.4 Å². The molecule has 2 N–H and O–H groups in total. The van der Waals surface area contributed by atoms with E-state index < -0.39 is 30.4 Å². The minimum absolute atomic E-state index is 0.262. The fraction of sp³-hybridized carbons (Fsp3) is 0.375. The van der Waals surface area contributed by atoms with Crippen LogP contribution < -0.4 is 20.1 Å². The van der Waals surface area contributed by atoms with E-state index in [1.165, 1.54) is 26.4 Å². The minimum atomic E-state index is -0.934. The van der Waals surface area contributed by atoms with Crippen molar-refractivity contribution in [3.63, 3.8) is 0 Å². The van der Waals surface area contributed by atoms with Gasteiger partial charge in [0.2, 0.25) is 0 Å². The molecule has 2 aromatic rings. The van der Waals surface area contributed by atoms with Crippen molar-refractivity contribution in [1.82, 2.24) is 10.6 Å². The first kappa shape index (κ1) is 26.0. The van der Waals surface area contributed by atoms with Gasteiger partial charge in [0.15, 0.2) is 6.61 Å². The molecule has 0 aliphatic carbocycles. The summed E-state index contributed by atoms with van der Waals surface area (Å²) in [6, 6.07) is 11.1. The average molecular weight is 477 g/mol. The number of nitrogens with one attached hydrogen (secondary N) is 2. The lowest BCUT2D eigenvalue weighted by molar-refractivity contribution is -0.151. The van der Waals surface area contributed by atoms with Crippen LogP contribution in [0.2, 0.25) is 5.02 Å². The smallest absolute Gasteiger partial charge is 0.329 e. The summed E-state index contributed by atoms with van der Waals surface area (Å²) in [7, 11) is 2.95. The molecule has 33 heavy (non-hydrogen) atoms. The summed E-state index contributed by atoms with van der Waals surface area (Å²) >= 11 is 5.85. The maximum absolute atomic E-state index is 12.7. The molecule has 0 saturated carbocycles. The van der Waals surface area contributed by atoms with Crippen LogP contribution in [-0.4, -0.2) is 51.2 Å². The summed E-state index contributed by atoms with van der Waals surface area (Å²) in [5.74, 6) is -0.987. The molecule has 0 saturated heterocycles. The molecular weight excluding hydrogens is 448 g/mol. The lowest BCUT2D eigenvalue weighted by Gasteiger charge is -2.21. The monoisotopic (exact) mass is 476 g/mol. The summed E-state index contributed by atoms with van der Waals surface area (Å²) in [4.78, 5) is 37.3. The average Bonchev–Trinajstić information content (AvgIpc) is 2.81. The Morgan fingerprint density at radius 3 is 2.12 bits per heavy atom. The number of carbonyl (C=O) groups excluding carboxylic acids is 3. The van der Waals surface area contributed by atoms with Crippen molar-refractivity contribution in [2.24, 2.45) is 5.92 Å². The van der Waals surface area contributed by atoms with Gasteiger partial charge in [-0.1, -0.05) is 37.6 Å². The Labute approximate surface area is 198 Å². The molecule has 0 spiro atoms. The third-order valence-corrected chi connectivity index (χ3v) is 5.07. The number of ether oxygens (including phenoxy) is 3. The molecule has 0 aliphatic heterocycles. The van der Waals surface area contributed by atoms with E-state index in [1.807, 2.05) is 12.1 Å². The molecule has 9 heteroatoms. The largest absolute Gasteiger partial charge is 0.497 e. The van der Waals surface area contributed by atoms with E-state index in [0.717, 1.165) is 5.56 Å². The molecule has 2 aromatic carbocycles. The maximum atomic E-state index is 12.7. The van der Waals surface area contributed by atoms with Crippen molar-refractivity contribution in [3.8, 4) is 11.5 Å². The van der Waals surface area contributed by atoms with Crippen LogP contribution in [-0.2, 0) is 20.7 Å². The van der Waals surface area contributed by atoms with Gasteiger partial charge in [0.1, 0.15) is 17.5 Å². The molecule has 0 bridgehead atoms.